The summed E-state index contributed by atoms with van der Waals surface area (Å²) in [5.41, 5.74) is 1.99. The number of benzene rings is 2. The topological polar surface area (TPSA) is 81.1 Å². The number of amides is 1. The van der Waals surface area contributed by atoms with Crippen molar-refractivity contribution in [2.45, 2.75) is 18.9 Å². The zero-order valence-corrected chi connectivity index (χ0v) is 15.0. The Morgan fingerprint density at radius 3 is 2.44 bits per heavy atom. The second kappa shape index (κ2) is 7.04. The first-order valence-electron chi connectivity index (χ1n) is 9.23. The van der Waals surface area contributed by atoms with E-state index in [0.717, 1.165) is 38.2 Å². The summed E-state index contributed by atoms with van der Waals surface area (Å²) in [6.45, 7) is 3.64. The zero-order valence-electron chi connectivity index (χ0n) is 15.0. The molecule has 2 N–H and O–H groups in total. The standard InChI is InChI=1S/C21H22N2O4/c24-19-8-7-16(12-18(19)21(26)27)14-3-5-15(6-4-14)20(25)23-11-10-22-9-1-2-17(22)13-23/h3-8,12,17,24H,1-2,9-11,13H2,(H,26,27). The van der Waals surface area contributed by atoms with Crippen LogP contribution in [0.4, 0.5) is 0 Å². The molecule has 140 valence electrons. The van der Waals surface area contributed by atoms with Crippen LogP contribution in [0.5, 0.6) is 5.75 Å². The molecule has 1 atom stereocenters. The Bertz CT molecular complexity index is 878. The van der Waals surface area contributed by atoms with Crippen molar-refractivity contribution in [3.63, 3.8) is 0 Å². The molecule has 2 aromatic rings. The summed E-state index contributed by atoms with van der Waals surface area (Å²) in [6.07, 6.45) is 2.38. The van der Waals surface area contributed by atoms with Gasteiger partial charge in [-0.15, -0.1) is 0 Å². The summed E-state index contributed by atoms with van der Waals surface area (Å²) in [4.78, 5) is 28.4. The van der Waals surface area contributed by atoms with Crippen LogP contribution >= 0.6 is 0 Å². The van der Waals surface area contributed by atoms with Crippen LogP contribution < -0.4 is 0 Å². The van der Waals surface area contributed by atoms with Crippen LogP contribution in [0.15, 0.2) is 42.5 Å². The van der Waals surface area contributed by atoms with Crippen molar-refractivity contribution >= 4 is 11.9 Å². The van der Waals surface area contributed by atoms with Gasteiger partial charge in [0.1, 0.15) is 11.3 Å². The number of phenols is 1. The molecule has 2 fully saturated rings. The average molecular weight is 366 g/mol. The largest absolute Gasteiger partial charge is 0.507 e. The Morgan fingerprint density at radius 1 is 0.963 bits per heavy atom. The first-order valence-corrected chi connectivity index (χ1v) is 9.23. The zero-order chi connectivity index (χ0) is 19.0. The number of aromatic hydroxyl groups is 1. The number of carboxylic acids is 1. The molecular formula is C21H22N2O4. The van der Waals surface area contributed by atoms with E-state index in [1.807, 2.05) is 17.0 Å². The Kier molecular flexibility index (Phi) is 4.58. The third-order valence-corrected chi connectivity index (χ3v) is 5.57. The maximum absolute atomic E-state index is 12.8. The fourth-order valence-electron chi connectivity index (χ4n) is 4.05. The van der Waals surface area contributed by atoms with Crippen molar-refractivity contribution in [1.29, 1.82) is 0 Å². The molecule has 6 heteroatoms. The van der Waals surface area contributed by atoms with Gasteiger partial charge in [-0.1, -0.05) is 18.2 Å². The summed E-state index contributed by atoms with van der Waals surface area (Å²) in [5, 5.41) is 18.8. The van der Waals surface area contributed by atoms with Gasteiger partial charge in [-0.2, -0.15) is 0 Å². The number of aromatic carboxylic acids is 1. The van der Waals surface area contributed by atoms with Crippen LogP contribution in [0.25, 0.3) is 11.1 Å². The Morgan fingerprint density at radius 2 is 1.70 bits per heavy atom. The van der Waals surface area contributed by atoms with Gasteiger partial charge in [-0.3, -0.25) is 9.69 Å². The molecule has 2 aliphatic heterocycles. The minimum atomic E-state index is -1.17. The Labute approximate surface area is 157 Å². The molecule has 0 saturated carbocycles. The van der Waals surface area contributed by atoms with E-state index >= 15 is 0 Å². The fraction of sp³-hybridized carbons (Fsp3) is 0.333. The van der Waals surface area contributed by atoms with Crippen LogP contribution in [0.2, 0.25) is 0 Å². The molecule has 4 rings (SSSR count). The fourth-order valence-corrected chi connectivity index (χ4v) is 4.05. The number of fused-ring (bicyclic) bond motifs is 1. The monoisotopic (exact) mass is 366 g/mol. The van der Waals surface area contributed by atoms with E-state index in [4.69, 9.17) is 5.11 Å². The van der Waals surface area contributed by atoms with Crippen molar-refractivity contribution in [2.24, 2.45) is 0 Å². The molecule has 0 aromatic heterocycles. The maximum Gasteiger partial charge on any atom is 0.339 e. The lowest BCUT2D eigenvalue weighted by molar-refractivity contribution is 0.0571. The minimum Gasteiger partial charge on any atom is -0.507 e. The second-order valence-electron chi connectivity index (χ2n) is 7.20. The molecule has 2 heterocycles. The Hall–Kier alpha value is -2.86. The molecule has 0 aliphatic carbocycles. The summed E-state index contributed by atoms with van der Waals surface area (Å²) in [6, 6.07) is 12.2. The number of hydrogen-bond donors (Lipinski definition) is 2. The number of rotatable bonds is 3. The predicted octanol–water partition coefficient (Wildman–Crippen LogP) is 2.68. The van der Waals surface area contributed by atoms with Gasteiger partial charge >= 0.3 is 5.97 Å². The van der Waals surface area contributed by atoms with Crippen molar-refractivity contribution in [3.8, 4) is 16.9 Å². The highest BCUT2D eigenvalue weighted by Gasteiger charge is 2.32. The molecule has 2 aliphatic rings. The molecule has 0 spiro atoms. The van der Waals surface area contributed by atoms with E-state index in [1.165, 1.54) is 18.6 Å². The van der Waals surface area contributed by atoms with Gasteiger partial charge in [0.2, 0.25) is 0 Å². The van der Waals surface area contributed by atoms with Gasteiger partial charge in [0.05, 0.1) is 0 Å². The molecule has 1 amide bonds. The van der Waals surface area contributed by atoms with E-state index in [9.17, 15) is 14.7 Å². The molecule has 6 nitrogen and oxygen atoms in total. The van der Waals surface area contributed by atoms with Crippen molar-refractivity contribution < 1.29 is 19.8 Å². The van der Waals surface area contributed by atoms with Gasteiger partial charge in [0.15, 0.2) is 0 Å². The molecule has 0 radical (unpaired) electrons. The maximum atomic E-state index is 12.8. The Balaban J connectivity index is 1.51. The number of carboxylic acid groups (broad SMARTS) is 1. The van der Waals surface area contributed by atoms with Crippen molar-refractivity contribution in [3.05, 3.63) is 53.6 Å². The summed E-state index contributed by atoms with van der Waals surface area (Å²) in [7, 11) is 0. The van der Waals surface area contributed by atoms with Crippen molar-refractivity contribution in [2.75, 3.05) is 26.2 Å². The van der Waals surface area contributed by atoms with Crippen LogP contribution in [-0.2, 0) is 0 Å². The van der Waals surface area contributed by atoms with Gasteiger partial charge < -0.3 is 15.1 Å². The van der Waals surface area contributed by atoms with E-state index in [0.29, 0.717) is 17.2 Å². The molecule has 1 unspecified atom stereocenters. The molecule has 2 saturated heterocycles. The smallest absolute Gasteiger partial charge is 0.339 e. The highest BCUT2D eigenvalue weighted by atomic mass is 16.4. The van der Waals surface area contributed by atoms with Gasteiger partial charge in [0, 0.05) is 31.2 Å². The second-order valence-corrected chi connectivity index (χ2v) is 7.20. The lowest BCUT2D eigenvalue weighted by Crippen LogP contribution is -2.52. The number of hydrogen-bond acceptors (Lipinski definition) is 4. The minimum absolute atomic E-state index is 0.0463. The van der Waals surface area contributed by atoms with Gasteiger partial charge in [-0.05, 0) is 54.8 Å². The van der Waals surface area contributed by atoms with E-state index < -0.39 is 5.97 Å². The average Bonchev–Trinajstić information content (AvgIpc) is 3.15. The summed E-state index contributed by atoms with van der Waals surface area (Å²) >= 11 is 0. The third kappa shape index (κ3) is 3.40. The third-order valence-electron chi connectivity index (χ3n) is 5.57. The van der Waals surface area contributed by atoms with E-state index in [1.54, 1.807) is 18.2 Å². The first kappa shape index (κ1) is 17.5. The first-order chi connectivity index (χ1) is 13.0. The lowest BCUT2D eigenvalue weighted by atomic mass is 10.0. The summed E-state index contributed by atoms with van der Waals surface area (Å²) < 4.78 is 0. The van der Waals surface area contributed by atoms with Crippen molar-refractivity contribution in [1.82, 2.24) is 9.80 Å². The van der Waals surface area contributed by atoms with Crippen LogP contribution in [-0.4, -0.2) is 64.1 Å². The van der Waals surface area contributed by atoms with Crippen LogP contribution in [0.1, 0.15) is 33.6 Å². The molecular weight excluding hydrogens is 344 g/mol. The number of nitrogens with zero attached hydrogens (tertiary/aromatic N) is 2. The molecule has 0 bridgehead atoms. The summed E-state index contributed by atoms with van der Waals surface area (Å²) in [5.74, 6) is -1.39. The molecule has 27 heavy (non-hydrogen) atoms. The predicted molar refractivity (Wildman–Crippen MR) is 101 cm³/mol. The lowest BCUT2D eigenvalue weighted by Gasteiger charge is -2.37. The normalized spacial score (nSPS) is 19.7. The number of carbonyl (C=O) groups excluding carboxylic acids is 1. The quantitative estimate of drug-likeness (QED) is 0.873. The van der Waals surface area contributed by atoms with Crippen LogP contribution in [0.3, 0.4) is 0 Å². The van der Waals surface area contributed by atoms with E-state index in [-0.39, 0.29) is 17.2 Å². The van der Waals surface area contributed by atoms with Gasteiger partial charge in [-0.25, -0.2) is 4.79 Å². The SMILES string of the molecule is O=C(O)c1cc(-c2ccc(C(=O)N3CCN4CCCC4C3)cc2)ccc1O. The number of piperazine rings is 1. The molecule has 2 aromatic carbocycles. The number of carbonyl (C=O) groups is 2. The van der Waals surface area contributed by atoms with E-state index in [2.05, 4.69) is 4.90 Å². The van der Waals surface area contributed by atoms with Crippen LogP contribution in [0, 0.1) is 0 Å². The highest BCUT2D eigenvalue weighted by Crippen LogP contribution is 2.27. The van der Waals surface area contributed by atoms with Gasteiger partial charge in [0.25, 0.3) is 5.91 Å². The highest BCUT2D eigenvalue weighted by molar-refractivity contribution is 5.95.